The van der Waals surface area contributed by atoms with E-state index in [0.717, 1.165) is 18.0 Å². The lowest BCUT2D eigenvalue weighted by atomic mass is 10.2. The maximum atomic E-state index is 5.83. The van der Waals surface area contributed by atoms with Gasteiger partial charge in [0.25, 0.3) is 0 Å². The first-order chi connectivity index (χ1) is 6.24. The van der Waals surface area contributed by atoms with Crippen LogP contribution in [0, 0.1) is 6.92 Å². The molecule has 0 aromatic heterocycles. The summed E-state index contributed by atoms with van der Waals surface area (Å²) in [6, 6.07) is 6.14. The maximum Gasteiger partial charge on any atom is 0.0452 e. The van der Waals surface area contributed by atoms with Gasteiger partial charge >= 0.3 is 0 Å². The van der Waals surface area contributed by atoms with Crippen LogP contribution in [0.2, 0.25) is 0 Å². The molecule has 0 aliphatic heterocycles. The van der Waals surface area contributed by atoms with E-state index in [9.17, 15) is 0 Å². The zero-order valence-electron chi connectivity index (χ0n) is 8.13. The van der Waals surface area contributed by atoms with E-state index in [-0.39, 0.29) is 0 Å². The van der Waals surface area contributed by atoms with Gasteiger partial charge in [-0.1, -0.05) is 6.07 Å². The van der Waals surface area contributed by atoms with Gasteiger partial charge in [0.2, 0.25) is 0 Å². The van der Waals surface area contributed by atoms with E-state index in [4.69, 9.17) is 5.73 Å². The van der Waals surface area contributed by atoms with E-state index in [1.54, 1.807) is 11.8 Å². The summed E-state index contributed by atoms with van der Waals surface area (Å²) in [5.41, 5.74) is 7.98. The van der Waals surface area contributed by atoms with Crippen molar-refractivity contribution in [2.24, 2.45) is 0 Å². The van der Waals surface area contributed by atoms with Crippen molar-refractivity contribution in [1.82, 2.24) is 5.32 Å². The fourth-order valence-corrected chi connectivity index (χ4v) is 2.06. The van der Waals surface area contributed by atoms with Gasteiger partial charge in [0.05, 0.1) is 0 Å². The van der Waals surface area contributed by atoms with Gasteiger partial charge < -0.3 is 11.1 Å². The standard InChI is InChI=1S/C10H16N2S/c1-8-3-4-9(11)10(7-8)13-6-5-12-2/h3-4,7,12H,5-6,11H2,1-2H3. The first-order valence-electron chi connectivity index (χ1n) is 4.37. The summed E-state index contributed by atoms with van der Waals surface area (Å²) in [5, 5.41) is 3.11. The van der Waals surface area contributed by atoms with Crippen molar-refractivity contribution in [3.63, 3.8) is 0 Å². The van der Waals surface area contributed by atoms with Crippen LogP contribution in [0.1, 0.15) is 5.56 Å². The first-order valence-corrected chi connectivity index (χ1v) is 5.36. The zero-order valence-corrected chi connectivity index (χ0v) is 8.95. The van der Waals surface area contributed by atoms with Crippen molar-refractivity contribution in [2.75, 3.05) is 25.1 Å². The van der Waals surface area contributed by atoms with Crippen LogP contribution in [0.5, 0.6) is 0 Å². The fraction of sp³-hybridized carbons (Fsp3) is 0.400. The van der Waals surface area contributed by atoms with Gasteiger partial charge in [0.15, 0.2) is 0 Å². The number of thioether (sulfide) groups is 1. The molecule has 0 fully saturated rings. The third kappa shape index (κ3) is 3.28. The summed E-state index contributed by atoms with van der Waals surface area (Å²) in [5.74, 6) is 1.06. The molecule has 0 radical (unpaired) electrons. The Morgan fingerprint density at radius 2 is 2.23 bits per heavy atom. The van der Waals surface area contributed by atoms with Crippen molar-refractivity contribution in [3.8, 4) is 0 Å². The molecule has 0 spiro atoms. The average Bonchev–Trinajstić information content (AvgIpc) is 2.11. The van der Waals surface area contributed by atoms with Gasteiger partial charge in [-0.15, -0.1) is 11.8 Å². The van der Waals surface area contributed by atoms with Crippen LogP contribution in [-0.2, 0) is 0 Å². The molecule has 3 N–H and O–H groups in total. The number of nitrogens with one attached hydrogen (secondary N) is 1. The molecule has 0 heterocycles. The van der Waals surface area contributed by atoms with Gasteiger partial charge in [-0.2, -0.15) is 0 Å². The lowest BCUT2D eigenvalue weighted by Crippen LogP contribution is -2.09. The third-order valence-electron chi connectivity index (χ3n) is 1.78. The largest absolute Gasteiger partial charge is 0.398 e. The number of hydrogen-bond acceptors (Lipinski definition) is 3. The third-order valence-corrected chi connectivity index (χ3v) is 2.85. The van der Waals surface area contributed by atoms with Crippen LogP contribution in [0.4, 0.5) is 5.69 Å². The SMILES string of the molecule is CNCCSc1cc(C)ccc1N. The Kier molecular flexibility index (Phi) is 4.12. The lowest BCUT2D eigenvalue weighted by molar-refractivity contribution is 0.872. The number of rotatable bonds is 4. The number of nitrogen functional groups attached to an aromatic ring is 1. The molecule has 0 atom stereocenters. The Morgan fingerprint density at radius 3 is 2.92 bits per heavy atom. The Labute approximate surface area is 83.9 Å². The summed E-state index contributed by atoms with van der Waals surface area (Å²) in [6.07, 6.45) is 0. The van der Waals surface area contributed by atoms with Gasteiger partial charge in [-0.05, 0) is 31.7 Å². The van der Waals surface area contributed by atoms with E-state index in [1.165, 1.54) is 10.5 Å². The van der Waals surface area contributed by atoms with Crippen LogP contribution in [0.3, 0.4) is 0 Å². The molecule has 0 saturated heterocycles. The Balaban J connectivity index is 2.59. The smallest absolute Gasteiger partial charge is 0.0452 e. The van der Waals surface area contributed by atoms with E-state index >= 15 is 0 Å². The molecule has 1 aromatic carbocycles. The molecular weight excluding hydrogens is 180 g/mol. The van der Waals surface area contributed by atoms with Crippen LogP contribution >= 0.6 is 11.8 Å². The molecule has 72 valence electrons. The number of nitrogens with two attached hydrogens (primary N) is 1. The molecule has 1 rings (SSSR count). The Hall–Kier alpha value is -0.670. The zero-order chi connectivity index (χ0) is 9.68. The second kappa shape index (κ2) is 5.14. The van der Waals surface area contributed by atoms with E-state index < -0.39 is 0 Å². The average molecular weight is 196 g/mol. The molecule has 1 aromatic rings. The normalized spacial score (nSPS) is 10.3. The number of benzene rings is 1. The lowest BCUT2D eigenvalue weighted by Gasteiger charge is -2.05. The summed E-state index contributed by atoms with van der Waals surface area (Å²) < 4.78 is 0. The topological polar surface area (TPSA) is 38.0 Å². The predicted octanol–water partition coefficient (Wildman–Crippen LogP) is 1.89. The van der Waals surface area contributed by atoms with Crippen LogP contribution in [-0.4, -0.2) is 19.3 Å². The quantitative estimate of drug-likeness (QED) is 0.439. The van der Waals surface area contributed by atoms with Crippen molar-refractivity contribution < 1.29 is 0 Å². The maximum absolute atomic E-state index is 5.83. The molecule has 0 saturated carbocycles. The summed E-state index contributed by atoms with van der Waals surface area (Å²) in [7, 11) is 1.96. The Morgan fingerprint density at radius 1 is 1.46 bits per heavy atom. The molecular formula is C10H16N2S. The van der Waals surface area contributed by atoms with Crippen molar-refractivity contribution >= 4 is 17.4 Å². The summed E-state index contributed by atoms with van der Waals surface area (Å²) in [6.45, 7) is 3.10. The van der Waals surface area contributed by atoms with Gasteiger partial charge in [-0.25, -0.2) is 0 Å². The highest BCUT2D eigenvalue weighted by atomic mass is 32.2. The number of anilines is 1. The summed E-state index contributed by atoms with van der Waals surface area (Å²) in [4.78, 5) is 1.19. The van der Waals surface area contributed by atoms with Gasteiger partial charge in [0, 0.05) is 22.9 Å². The van der Waals surface area contributed by atoms with Crippen molar-refractivity contribution in [1.29, 1.82) is 0 Å². The van der Waals surface area contributed by atoms with E-state index in [0.29, 0.717) is 0 Å². The highest BCUT2D eigenvalue weighted by Gasteiger charge is 1.98. The second-order valence-corrected chi connectivity index (χ2v) is 4.13. The molecule has 0 bridgehead atoms. The first kappa shape index (κ1) is 10.4. The Bertz CT molecular complexity index is 274. The minimum Gasteiger partial charge on any atom is -0.398 e. The predicted molar refractivity (Wildman–Crippen MR) is 60.2 cm³/mol. The second-order valence-electron chi connectivity index (χ2n) is 2.99. The minimum atomic E-state index is 0.881. The monoisotopic (exact) mass is 196 g/mol. The minimum absolute atomic E-state index is 0.881. The number of hydrogen-bond donors (Lipinski definition) is 2. The van der Waals surface area contributed by atoms with Crippen LogP contribution in [0.15, 0.2) is 23.1 Å². The van der Waals surface area contributed by atoms with Crippen molar-refractivity contribution in [3.05, 3.63) is 23.8 Å². The van der Waals surface area contributed by atoms with Gasteiger partial charge in [0.1, 0.15) is 0 Å². The highest BCUT2D eigenvalue weighted by molar-refractivity contribution is 7.99. The molecule has 2 nitrogen and oxygen atoms in total. The molecule has 0 aliphatic carbocycles. The van der Waals surface area contributed by atoms with Gasteiger partial charge in [-0.3, -0.25) is 0 Å². The molecule has 0 aliphatic rings. The van der Waals surface area contributed by atoms with Crippen LogP contribution < -0.4 is 11.1 Å². The molecule has 3 heteroatoms. The number of aryl methyl sites for hydroxylation is 1. The van der Waals surface area contributed by atoms with Crippen LogP contribution in [0.25, 0.3) is 0 Å². The molecule has 0 unspecified atom stereocenters. The van der Waals surface area contributed by atoms with E-state index in [2.05, 4.69) is 18.3 Å². The highest BCUT2D eigenvalue weighted by Crippen LogP contribution is 2.25. The van der Waals surface area contributed by atoms with Crippen molar-refractivity contribution in [2.45, 2.75) is 11.8 Å². The molecule has 0 amide bonds. The van der Waals surface area contributed by atoms with E-state index in [1.807, 2.05) is 19.2 Å². The molecule has 13 heavy (non-hydrogen) atoms. The fourth-order valence-electron chi connectivity index (χ4n) is 1.03. The summed E-state index contributed by atoms with van der Waals surface area (Å²) >= 11 is 1.80.